The summed E-state index contributed by atoms with van der Waals surface area (Å²) < 4.78 is 49.7. The highest BCUT2D eigenvalue weighted by molar-refractivity contribution is 5.79. The van der Waals surface area contributed by atoms with Crippen molar-refractivity contribution < 1.29 is 17.9 Å². The van der Waals surface area contributed by atoms with Gasteiger partial charge in [0.2, 0.25) is 5.88 Å². The molecule has 0 amide bonds. The lowest BCUT2D eigenvalue weighted by atomic mass is 9.94. The Morgan fingerprint density at radius 1 is 1.03 bits per heavy atom. The lowest BCUT2D eigenvalue weighted by Crippen LogP contribution is -2.07. The quantitative estimate of drug-likeness (QED) is 0.237. The molecule has 10 heteroatoms. The molecule has 198 valence electrons. The number of hydrogen-bond donors (Lipinski definition) is 0. The van der Waals surface area contributed by atoms with Gasteiger partial charge in [0, 0.05) is 37.1 Å². The third kappa shape index (κ3) is 5.27. The second-order valence-electron chi connectivity index (χ2n) is 9.62. The van der Waals surface area contributed by atoms with Gasteiger partial charge in [0.25, 0.3) is 0 Å². The Balaban J connectivity index is 1.49. The first-order valence-electron chi connectivity index (χ1n) is 12.6. The molecule has 0 atom stereocenters. The van der Waals surface area contributed by atoms with Gasteiger partial charge in [-0.15, -0.1) is 0 Å². The molecule has 5 aromatic rings. The minimum atomic E-state index is -4.54. The van der Waals surface area contributed by atoms with Crippen LogP contribution in [0.15, 0.2) is 79.5 Å². The average Bonchev–Trinajstić information content (AvgIpc) is 3.50. The summed E-state index contributed by atoms with van der Waals surface area (Å²) in [7, 11) is 1.56. The molecular weight excluding hydrogens is 505 g/mol. The zero-order chi connectivity index (χ0) is 27.0. The number of hydrogen-bond acceptors (Lipinski definition) is 5. The van der Waals surface area contributed by atoms with Crippen LogP contribution in [0.5, 0.6) is 5.88 Å². The highest BCUT2D eigenvalue weighted by atomic mass is 19.4. The number of benzene rings is 2. The monoisotopic (exact) mass is 530 g/mol. The van der Waals surface area contributed by atoms with Crippen LogP contribution in [0, 0.1) is 0 Å². The number of nitrogens with zero attached hydrogens (tertiary/aromatic N) is 6. The Hall–Kier alpha value is -4.47. The highest BCUT2D eigenvalue weighted by Crippen LogP contribution is 2.47. The summed E-state index contributed by atoms with van der Waals surface area (Å²) in [6, 6.07) is 17.2. The van der Waals surface area contributed by atoms with Crippen molar-refractivity contribution in [2.45, 2.75) is 38.1 Å². The Bertz CT molecular complexity index is 1590. The van der Waals surface area contributed by atoms with Crippen molar-refractivity contribution in [2.75, 3.05) is 0 Å². The van der Waals surface area contributed by atoms with E-state index in [1.165, 1.54) is 10.9 Å². The summed E-state index contributed by atoms with van der Waals surface area (Å²) in [5, 5.41) is 4.35. The first-order valence-corrected chi connectivity index (χ1v) is 12.6. The largest absolute Gasteiger partial charge is 0.472 e. The zero-order valence-electron chi connectivity index (χ0n) is 21.1. The van der Waals surface area contributed by atoms with Gasteiger partial charge >= 0.3 is 6.18 Å². The minimum absolute atomic E-state index is 0.214. The molecule has 0 radical (unpaired) electrons. The van der Waals surface area contributed by atoms with Gasteiger partial charge in [0.1, 0.15) is 18.8 Å². The van der Waals surface area contributed by atoms with Crippen molar-refractivity contribution in [3.8, 4) is 28.4 Å². The molecule has 39 heavy (non-hydrogen) atoms. The van der Waals surface area contributed by atoms with Crippen LogP contribution in [-0.2, 0) is 26.4 Å². The zero-order valence-corrected chi connectivity index (χ0v) is 21.1. The molecule has 6 rings (SSSR count). The second kappa shape index (κ2) is 10.0. The van der Waals surface area contributed by atoms with Gasteiger partial charge in [0.05, 0.1) is 17.8 Å². The van der Waals surface area contributed by atoms with Crippen LogP contribution in [0.3, 0.4) is 0 Å². The highest BCUT2D eigenvalue weighted by Gasteiger charge is 2.35. The van der Waals surface area contributed by atoms with Crippen molar-refractivity contribution in [2.24, 2.45) is 7.05 Å². The normalized spacial score (nSPS) is 13.5. The van der Waals surface area contributed by atoms with E-state index in [0.29, 0.717) is 24.6 Å². The Morgan fingerprint density at radius 3 is 2.54 bits per heavy atom. The number of imidazole rings is 1. The van der Waals surface area contributed by atoms with Crippen molar-refractivity contribution >= 4 is 0 Å². The summed E-state index contributed by atoms with van der Waals surface area (Å²) in [4.78, 5) is 13.1. The molecule has 0 aliphatic heterocycles. The molecule has 1 aliphatic rings. The third-order valence-electron chi connectivity index (χ3n) is 6.72. The molecule has 1 aliphatic carbocycles. The first kappa shape index (κ1) is 24.8. The molecular formula is C29H25F3N6O. The molecule has 2 aromatic carbocycles. The summed E-state index contributed by atoms with van der Waals surface area (Å²) in [6.45, 7) is 0.769. The summed E-state index contributed by atoms with van der Waals surface area (Å²) in [5.41, 5.74) is 3.93. The van der Waals surface area contributed by atoms with E-state index >= 15 is 0 Å². The van der Waals surface area contributed by atoms with Crippen LogP contribution in [-0.4, -0.2) is 29.3 Å². The molecule has 0 spiro atoms. The number of ether oxygens (including phenoxy) is 1. The number of halogens is 3. The molecule has 0 N–H and O–H groups in total. The maximum atomic E-state index is 13.4. The van der Waals surface area contributed by atoms with Gasteiger partial charge in [-0.2, -0.15) is 18.3 Å². The van der Waals surface area contributed by atoms with Gasteiger partial charge in [-0.3, -0.25) is 4.68 Å². The molecule has 1 fully saturated rings. The van der Waals surface area contributed by atoms with Gasteiger partial charge in [-0.05, 0) is 41.7 Å². The lowest BCUT2D eigenvalue weighted by molar-refractivity contribution is -0.140. The molecule has 3 heterocycles. The van der Waals surface area contributed by atoms with E-state index in [2.05, 4.69) is 20.1 Å². The van der Waals surface area contributed by atoms with Crippen molar-refractivity contribution in [1.29, 1.82) is 0 Å². The fourth-order valence-electron chi connectivity index (χ4n) is 4.66. The minimum Gasteiger partial charge on any atom is -0.472 e. The lowest BCUT2D eigenvalue weighted by Gasteiger charge is -2.18. The number of aromatic nitrogens is 6. The molecule has 0 saturated heterocycles. The van der Waals surface area contributed by atoms with Gasteiger partial charge in [0.15, 0.2) is 5.69 Å². The van der Waals surface area contributed by atoms with Crippen LogP contribution >= 0.6 is 0 Å². The topological polar surface area (TPSA) is 70.7 Å². The van der Waals surface area contributed by atoms with Gasteiger partial charge < -0.3 is 9.30 Å². The van der Waals surface area contributed by atoms with E-state index in [-0.39, 0.29) is 11.7 Å². The smallest absolute Gasteiger partial charge is 0.434 e. The SMILES string of the molecule is Cn1cc(C(F)(F)F)nc1-c1ccc(Cn2cccn2)c(-c2c(OCc3ccccc3)ncnc2C2CC2)c1. The molecule has 3 aromatic heterocycles. The Labute approximate surface area is 223 Å². The van der Waals surface area contributed by atoms with Crippen LogP contribution < -0.4 is 4.74 Å². The van der Waals surface area contributed by atoms with Crippen molar-refractivity contribution in [1.82, 2.24) is 29.3 Å². The second-order valence-corrected chi connectivity index (χ2v) is 9.62. The summed E-state index contributed by atoms with van der Waals surface area (Å²) in [6.07, 6.45) is 3.56. The number of aryl methyl sites for hydroxylation is 1. The van der Waals surface area contributed by atoms with Crippen molar-refractivity contribution in [3.63, 3.8) is 0 Å². The maximum Gasteiger partial charge on any atom is 0.434 e. The van der Waals surface area contributed by atoms with E-state index in [1.807, 2.05) is 54.7 Å². The number of alkyl halides is 3. The fraction of sp³-hybridized carbons (Fsp3) is 0.241. The predicted octanol–water partition coefficient (Wildman–Crippen LogP) is 6.26. The van der Waals surface area contributed by atoms with E-state index in [9.17, 15) is 13.2 Å². The van der Waals surface area contributed by atoms with Crippen molar-refractivity contribution in [3.05, 3.63) is 102 Å². The molecule has 0 unspecified atom stereocenters. The van der Waals surface area contributed by atoms with Crippen LogP contribution in [0.25, 0.3) is 22.5 Å². The molecule has 0 bridgehead atoms. The average molecular weight is 531 g/mol. The van der Waals surface area contributed by atoms with E-state index in [0.717, 1.165) is 47.0 Å². The maximum absolute atomic E-state index is 13.4. The predicted molar refractivity (Wildman–Crippen MR) is 139 cm³/mol. The van der Waals surface area contributed by atoms with Gasteiger partial charge in [-0.25, -0.2) is 15.0 Å². The van der Waals surface area contributed by atoms with Crippen LogP contribution in [0.4, 0.5) is 13.2 Å². The standard InChI is InChI=1S/C29H25F3N6O/c1-37-16-24(29(30,31)32)36-27(37)21-10-11-22(15-38-13-5-12-35-38)23(14-21)25-26(20-8-9-20)33-18-34-28(25)39-17-19-6-3-2-4-7-19/h2-7,10-14,16,18,20H,8-9,15,17H2,1H3. The van der Waals surface area contributed by atoms with Crippen LogP contribution in [0.1, 0.15) is 41.3 Å². The number of rotatable bonds is 8. The third-order valence-corrected chi connectivity index (χ3v) is 6.72. The van der Waals surface area contributed by atoms with Gasteiger partial charge in [-0.1, -0.05) is 42.5 Å². The molecule has 1 saturated carbocycles. The van der Waals surface area contributed by atoms with E-state index < -0.39 is 11.9 Å². The van der Waals surface area contributed by atoms with E-state index in [1.54, 1.807) is 24.0 Å². The summed E-state index contributed by atoms with van der Waals surface area (Å²) >= 11 is 0. The fourth-order valence-corrected chi connectivity index (χ4v) is 4.66. The first-order chi connectivity index (χ1) is 18.9. The Morgan fingerprint density at radius 2 is 1.85 bits per heavy atom. The van der Waals surface area contributed by atoms with E-state index in [4.69, 9.17) is 4.74 Å². The molecule has 7 nitrogen and oxygen atoms in total. The van der Waals surface area contributed by atoms with Crippen LogP contribution in [0.2, 0.25) is 0 Å². The summed E-state index contributed by atoms with van der Waals surface area (Å²) in [5.74, 6) is 0.921. The Kier molecular flexibility index (Phi) is 6.38.